The van der Waals surface area contributed by atoms with Crippen LogP contribution < -0.4 is 5.32 Å². The zero-order chi connectivity index (χ0) is 12.8. The first-order valence-corrected chi connectivity index (χ1v) is 7.55. The van der Waals surface area contributed by atoms with E-state index in [1.165, 1.54) is 49.7 Å². The van der Waals surface area contributed by atoms with Crippen molar-refractivity contribution in [3.63, 3.8) is 0 Å². The van der Waals surface area contributed by atoms with Crippen LogP contribution in [0.25, 0.3) is 0 Å². The van der Waals surface area contributed by atoms with Gasteiger partial charge in [-0.25, -0.2) is 0 Å². The zero-order valence-corrected chi connectivity index (χ0v) is 11.9. The maximum Gasteiger partial charge on any atom is 0.0291 e. The van der Waals surface area contributed by atoms with Gasteiger partial charge in [0.1, 0.15) is 0 Å². The fraction of sp³-hybridized carbons (Fsp3) is 0.647. The van der Waals surface area contributed by atoms with Crippen molar-refractivity contribution in [1.29, 1.82) is 0 Å². The quantitative estimate of drug-likeness (QED) is 0.721. The average molecular weight is 245 g/mol. The van der Waals surface area contributed by atoms with Crippen molar-refractivity contribution >= 4 is 0 Å². The number of nitrogens with one attached hydrogen (secondary N) is 1. The van der Waals surface area contributed by atoms with Crippen LogP contribution >= 0.6 is 0 Å². The molecule has 0 aliphatic heterocycles. The Balaban J connectivity index is 1.64. The molecule has 1 aromatic carbocycles. The molecular weight excluding hydrogens is 218 g/mol. The number of hydrogen-bond donors (Lipinski definition) is 1. The number of rotatable bonds is 6. The summed E-state index contributed by atoms with van der Waals surface area (Å²) in [6.45, 7) is 5.56. The lowest BCUT2D eigenvalue weighted by Gasteiger charge is -2.15. The molecule has 1 aliphatic carbocycles. The molecule has 1 atom stereocenters. The first-order valence-electron chi connectivity index (χ1n) is 7.55. The standard InChI is InChI=1S/C17H27N/c1-14-9-11-17(12-10-14)15(2)18-13-5-8-16-6-3-4-7-16/h9-12,15-16,18H,3-8,13H2,1-2H3. The van der Waals surface area contributed by atoms with Crippen molar-refractivity contribution in [2.45, 2.75) is 58.4 Å². The van der Waals surface area contributed by atoms with Crippen molar-refractivity contribution in [2.75, 3.05) is 6.54 Å². The molecule has 0 saturated heterocycles. The Hall–Kier alpha value is -0.820. The lowest BCUT2D eigenvalue weighted by atomic mass is 10.0. The second-order valence-corrected chi connectivity index (χ2v) is 5.88. The lowest BCUT2D eigenvalue weighted by molar-refractivity contribution is 0.456. The van der Waals surface area contributed by atoms with E-state index in [0.29, 0.717) is 6.04 Å². The first kappa shape index (κ1) is 13.6. The fourth-order valence-electron chi connectivity index (χ4n) is 2.98. The topological polar surface area (TPSA) is 12.0 Å². The molecule has 1 aromatic rings. The van der Waals surface area contributed by atoms with E-state index >= 15 is 0 Å². The van der Waals surface area contributed by atoms with Gasteiger partial charge in [-0.2, -0.15) is 0 Å². The molecule has 0 radical (unpaired) electrons. The van der Waals surface area contributed by atoms with Gasteiger partial charge in [-0.15, -0.1) is 0 Å². The maximum atomic E-state index is 3.64. The van der Waals surface area contributed by atoms with Crippen LogP contribution in [0.1, 0.15) is 62.6 Å². The molecule has 0 amide bonds. The first-order chi connectivity index (χ1) is 8.75. The predicted molar refractivity (Wildman–Crippen MR) is 78.8 cm³/mol. The van der Waals surface area contributed by atoms with Gasteiger partial charge in [-0.05, 0) is 44.7 Å². The third-order valence-electron chi connectivity index (χ3n) is 4.29. The molecule has 0 aromatic heterocycles. The monoisotopic (exact) mass is 245 g/mol. The molecule has 0 spiro atoms. The predicted octanol–water partition coefficient (Wildman–Crippen LogP) is 4.62. The van der Waals surface area contributed by atoms with E-state index < -0.39 is 0 Å². The van der Waals surface area contributed by atoms with Crippen LogP contribution in [0.4, 0.5) is 0 Å². The van der Waals surface area contributed by atoms with E-state index in [1.54, 1.807) is 0 Å². The second-order valence-electron chi connectivity index (χ2n) is 5.88. The Bertz CT molecular complexity index is 335. The van der Waals surface area contributed by atoms with Crippen molar-refractivity contribution < 1.29 is 0 Å². The summed E-state index contributed by atoms with van der Waals surface area (Å²) in [6, 6.07) is 9.36. The number of aryl methyl sites for hydroxylation is 1. The summed E-state index contributed by atoms with van der Waals surface area (Å²) >= 11 is 0. The van der Waals surface area contributed by atoms with Crippen LogP contribution in [0.3, 0.4) is 0 Å². The van der Waals surface area contributed by atoms with E-state index in [-0.39, 0.29) is 0 Å². The van der Waals surface area contributed by atoms with Gasteiger partial charge < -0.3 is 5.32 Å². The van der Waals surface area contributed by atoms with Gasteiger partial charge in [0, 0.05) is 6.04 Å². The minimum Gasteiger partial charge on any atom is -0.310 e. The summed E-state index contributed by atoms with van der Waals surface area (Å²) in [5.74, 6) is 1.03. The Morgan fingerprint density at radius 3 is 2.50 bits per heavy atom. The van der Waals surface area contributed by atoms with Crippen molar-refractivity contribution in [3.8, 4) is 0 Å². The highest BCUT2D eigenvalue weighted by Gasteiger charge is 2.14. The Morgan fingerprint density at radius 1 is 1.17 bits per heavy atom. The van der Waals surface area contributed by atoms with Crippen molar-refractivity contribution in [2.24, 2.45) is 5.92 Å². The Morgan fingerprint density at radius 2 is 1.83 bits per heavy atom. The van der Waals surface area contributed by atoms with Gasteiger partial charge >= 0.3 is 0 Å². The Kier molecular flexibility index (Phi) is 5.25. The van der Waals surface area contributed by atoms with Gasteiger partial charge in [0.15, 0.2) is 0 Å². The van der Waals surface area contributed by atoms with Crippen molar-refractivity contribution in [1.82, 2.24) is 5.32 Å². The molecule has 100 valence electrons. The number of hydrogen-bond acceptors (Lipinski definition) is 1. The largest absolute Gasteiger partial charge is 0.310 e. The summed E-state index contributed by atoms with van der Waals surface area (Å²) < 4.78 is 0. The van der Waals surface area contributed by atoms with E-state index in [9.17, 15) is 0 Å². The zero-order valence-electron chi connectivity index (χ0n) is 11.9. The number of benzene rings is 1. The van der Waals surface area contributed by atoms with Gasteiger partial charge in [-0.1, -0.05) is 55.5 Å². The SMILES string of the molecule is Cc1ccc(C(C)NCCCC2CCCC2)cc1. The molecule has 18 heavy (non-hydrogen) atoms. The van der Waals surface area contributed by atoms with Crippen LogP contribution in [-0.2, 0) is 0 Å². The average Bonchev–Trinajstić information content (AvgIpc) is 2.88. The molecule has 1 heteroatoms. The minimum absolute atomic E-state index is 0.481. The van der Waals surface area contributed by atoms with Crippen LogP contribution in [0.2, 0.25) is 0 Å². The van der Waals surface area contributed by atoms with Gasteiger partial charge in [0.25, 0.3) is 0 Å². The summed E-state index contributed by atoms with van der Waals surface area (Å²) in [6.07, 6.45) is 8.66. The molecule has 0 heterocycles. The molecule has 1 saturated carbocycles. The van der Waals surface area contributed by atoms with E-state index in [4.69, 9.17) is 0 Å². The van der Waals surface area contributed by atoms with Crippen LogP contribution in [-0.4, -0.2) is 6.54 Å². The highest BCUT2D eigenvalue weighted by Crippen LogP contribution is 2.28. The van der Waals surface area contributed by atoms with Crippen LogP contribution in [0.5, 0.6) is 0 Å². The second kappa shape index (κ2) is 6.94. The van der Waals surface area contributed by atoms with Crippen LogP contribution in [0.15, 0.2) is 24.3 Å². The van der Waals surface area contributed by atoms with E-state index in [0.717, 1.165) is 12.5 Å². The highest BCUT2D eigenvalue weighted by molar-refractivity contribution is 5.23. The molecule has 1 fully saturated rings. The van der Waals surface area contributed by atoms with Gasteiger partial charge in [0.05, 0.1) is 0 Å². The lowest BCUT2D eigenvalue weighted by Crippen LogP contribution is -2.20. The van der Waals surface area contributed by atoms with Crippen LogP contribution in [0, 0.1) is 12.8 Å². The molecule has 1 nitrogen and oxygen atoms in total. The molecule has 2 rings (SSSR count). The molecular formula is C17H27N. The Labute approximate surface area is 112 Å². The molecule has 1 N–H and O–H groups in total. The third kappa shape index (κ3) is 4.13. The molecule has 0 bridgehead atoms. The fourth-order valence-corrected chi connectivity index (χ4v) is 2.98. The van der Waals surface area contributed by atoms with Crippen molar-refractivity contribution in [3.05, 3.63) is 35.4 Å². The highest BCUT2D eigenvalue weighted by atomic mass is 14.9. The maximum absolute atomic E-state index is 3.64. The molecule has 1 aliphatic rings. The van der Waals surface area contributed by atoms with E-state index in [1.807, 2.05) is 0 Å². The summed E-state index contributed by atoms with van der Waals surface area (Å²) in [7, 11) is 0. The van der Waals surface area contributed by atoms with E-state index in [2.05, 4.69) is 43.4 Å². The third-order valence-corrected chi connectivity index (χ3v) is 4.29. The van der Waals surface area contributed by atoms with Gasteiger partial charge in [-0.3, -0.25) is 0 Å². The normalized spacial score (nSPS) is 18.1. The smallest absolute Gasteiger partial charge is 0.0291 e. The minimum atomic E-state index is 0.481. The van der Waals surface area contributed by atoms with Gasteiger partial charge in [0.2, 0.25) is 0 Å². The summed E-state index contributed by atoms with van der Waals surface area (Å²) in [4.78, 5) is 0. The summed E-state index contributed by atoms with van der Waals surface area (Å²) in [5, 5.41) is 3.64. The molecule has 1 unspecified atom stereocenters. The summed E-state index contributed by atoms with van der Waals surface area (Å²) in [5.41, 5.74) is 2.74.